The van der Waals surface area contributed by atoms with Gasteiger partial charge in [-0.3, -0.25) is 9.69 Å². The molecule has 0 aliphatic heterocycles. The minimum Gasteiger partial charge on any atom is -0.497 e. The summed E-state index contributed by atoms with van der Waals surface area (Å²) in [5.41, 5.74) is 1.59. The summed E-state index contributed by atoms with van der Waals surface area (Å²) in [6.45, 7) is 5.24. The molecule has 0 spiro atoms. The van der Waals surface area contributed by atoms with Crippen molar-refractivity contribution in [2.45, 2.75) is 39.1 Å². The first-order valence-corrected chi connectivity index (χ1v) is 12.0. The van der Waals surface area contributed by atoms with Crippen molar-refractivity contribution < 1.29 is 19.0 Å². The largest absolute Gasteiger partial charge is 0.497 e. The summed E-state index contributed by atoms with van der Waals surface area (Å²) in [6.07, 6.45) is 0.966. The Morgan fingerprint density at radius 3 is 2.68 bits per heavy atom. The van der Waals surface area contributed by atoms with Gasteiger partial charge >= 0.3 is 0 Å². The van der Waals surface area contributed by atoms with E-state index < -0.39 is 6.10 Å². The Morgan fingerprint density at radius 1 is 1.21 bits per heavy atom. The molecule has 0 amide bonds. The molecule has 180 valence electrons. The van der Waals surface area contributed by atoms with Crippen LogP contribution in [0.5, 0.6) is 5.75 Å². The Labute approximate surface area is 201 Å². The molecule has 1 atom stereocenters. The predicted octanol–water partition coefficient (Wildman–Crippen LogP) is 4.04. The highest BCUT2D eigenvalue weighted by atomic mass is 32.1. The summed E-state index contributed by atoms with van der Waals surface area (Å²) >= 11 is 1.44. The SMILES string of the molecule is COc1ccc(-c2csc3nc(CN(Cc4ccco4)CC(O)COC(C)C)[nH]c(=O)c23)cc1. The predicted molar refractivity (Wildman–Crippen MR) is 132 cm³/mol. The zero-order chi connectivity index (χ0) is 24.1. The molecular weight excluding hydrogens is 454 g/mol. The number of furan rings is 1. The Hall–Kier alpha value is -2.98. The summed E-state index contributed by atoms with van der Waals surface area (Å²) in [5, 5.41) is 13.0. The molecule has 0 radical (unpaired) electrons. The third-order valence-electron chi connectivity index (χ3n) is 5.32. The van der Waals surface area contributed by atoms with Gasteiger partial charge in [0.2, 0.25) is 0 Å². The van der Waals surface area contributed by atoms with Crippen LogP contribution >= 0.6 is 11.3 Å². The van der Waals surface area contributed by atoms with Gasteiger partial charge in [-0.25, -0.2) is 4.98 Å². The lowest BCUT2D eigenvalue weighted by Gasteiger charge is -2.24. The van der Waals surface area contributed by atoms with E-state index in [1.807, 2.05) is 60.5 Å². The van der Waals surface area contributed by atoms with Crippen LogP contribution in [-0.4, -0.2) is 52.4 Å². The number of nitrogens with zero attached hydrogens (tertiary/aromatic N) is 2. The number of H-pyrrole nitrogens is 1. The molecule has 9 heteroatoms. The molecule has 3 aromatic heterocycles. The average molecular weight is 484 g/mol. The first-order chi connectivity index (χ1) is 16.4. The molecular formula is C25H29N3O5S. The van der Waals surface area contributed by atoms with Crippen LogP contribution in [0.25, 0.3) is 21.3 Å². The highest BCUT2D eigenvalue weighted by Crippen LogP contribution is 2.31. The van der Waals surface area contributed by atoms with Gasteiger partial charge < -0.3 is 24.0 Å². The monoisotopic (exact) mass is 483 g/mol. The van der Waals surface area contributed by atoms with E-state index in [0.29, 0.717) is 35.7 Å². The number of aromatic amines is 1. The Kier molecular flexibility index (Phi) is 7.79. The van der Waals surface area contributed by atoms with Crippen molar-refractivity contribution in [1.82, 2.24) is 14.9 Å². The zero-order valence-corrected chi connectivity index (χ0v) is 20.3. The number of hydrogen-bond donors (Lipinski definition) is 2. The smallest absolute Gasteiger partial charge is 0.260 e. The number of aliphatic hydroxyl groups excluding tert-OH is 1. The molecule has 2 N–H and O–H groups in total. The number of ether oxygens (including phenoxy) is 2. The van der Waals surface area contributed by atoms with Gasteiger partial charge in [0.05, 0.1) is 50.7 Å². The lowest BCUT2D eigenvalue weighted by atomic mass is 10.1. The second-order valence-electron chi connectivity index (χ2n) is 8.36. The molecule has 34 heavy (non-hydrogen) atoms. The number of nitrogens with one attached hydrogen (secondary N) is 1. The standard InChI is InChI=1S/C25H29N3O5S/c1-16(2)33-14-18(29)11-28(12-20-5-4-10-32-20)13-22-26-24(30)23-21(15-34-25(23)27-22)17-6-8-19(31-3)9-7-17/h4-10,15-16,18,29H,11-14H2,1-3H3,(H,26,27,30). The van der Waals surface area contributed by atoms with Crippen LogP contribution < -0.4 is 10.3 Å². The Morgan fingerprint density at radius 2 is 2.00 bits per heavy atom. The molecule has 1 unspecified atom stereocenters. The van der Waals surface area contributed by atoms with Gasteiger partial charge in [-0.05, 0) is 43.7 Å². The topological polar surface area (TPSA) is 101 Å². The van der Waals surface area contributed by atoms with Crippen LogP contribution in [0.15, 0.2) is 57.3 Å². The normalized spacial score (nSPS) is 12.6. The Balaban J connectivity index is 1.57. The van der Waals surface area contributed by atoms with E-state index in [9.17, 15) is 9.90 Å². The number of aliphatic hydroxyl groups is 1. The molecule has 4 aromatic rings. The van der Waals surface area contributed by atoms with Gasteiger partial charge in [-0.2, -0.15) is 0 Å². The maximum Gasteiger partial charge on any atom is 0.260 e. The van der Waals surface area contributed by atoms with Gasteiger partial charge in [0.15, 0.2) is 0 Å². The summed E-state index contributed by atoms with van der Waals surface area (Å²) in [4.78, 5) is 23.4. The molecule has 0 aliphatic rings. The molecule has 0 saturated carbocycles. The van der Waals surface area contributed by atoms with Crippen molar-refractivity contribution in [3.63, 3.8) is 0 Å². The first kappa shape index (κ1) is 24.2. The molecule has 4 rings (SSSR count). The van der Waals surface area contributed by atoms with E-state index in [-0.39, 0.29) is 18.3 Å². The van der Waals surface area contributed by atoms with Crippen molar-refractivity contribution in [3.8, 4) is 16.9 Å². The number of aromatic nitrogens is 2. The van der Waals surface area contributed by atoms with Crippen molar-refractivity contribution >= 4 is 21.6 Å². The van der Waals surface area contributed by atoms with Gasteiger partial charge in [0, 0.05) is 17.5 Å². The van der Waals surface area contributed by atoms with E-state index in [1.54, 1.807) is 13.4 Å². The maximum atomic E-state index is 13.1. The second kappa shape index (κ2) is 11.0. The fraction of sp³-hybridized carbons (Fsp3) is 0.360. The van der Waals surface area contributed by atoms with Crippen LogP contribution in [0.3, 0.4) is 0 Å². The van der Waals surface area contributed by atoms with Crippen molar-refractivity contribution in [3.05, 3.63) is 70.0 Å². The van der Waals surface area contributed by atoms with Crippen LogP contribution in [0.2, 0.25) is 0 Å². The van der Waals surface area contributed by atoms with Crippen molar-refractivity contribution in [2.75, 3.05) is 20.3 Å². The molecule has 0 bridgehead atoms. The fourth-order valence-corrected chi connectivity index (χ4v) is 4.69. The van der Waals surface area contributed by atoms with E-state index in [1.165, 1.54) is 11.3 Å². The summed E-state index contributed by atoms with van der Waals surface area (Å²) < 4.78 is 16.3. The highest BCUT2D eigenvalue weighted by molar-refractivity contribution is 7.17. The van der Waals surface area contributed by atoms with Gasteiger partial charge in [0.1, 0.15) is 22.2 Å². The minimum absolute atomic E-state index is 0.0346. The maximum absolute atomic E-state index is 13.1. The van der Waals surface area contributed by atoms with Crippen molar-refractivity contribution in [1.29, 1.82) is 0 Å². The lowest BCUT2D eigenvalue weighted by molar-refractivity contribution is -0.0117. The number of methoxy groups -OCH3 is 1. The van der Waals surface area contributed by atoms with Gasteiger partial charge in [-0.15, -0.1) is 11.3 Å². The summed E-state index contributed by atoms with van der Waals surface area (Å²) in [5.74, 6) is 2.05. The van der Waals surface area contributed by atoms with Gasteiger partial charge in [0.25, 0.3) is 5.56 Å². The minimum atomic E-state index is -0.684. The van der Waals surface area contributed by atoms with Crippen LogP contribution in [-0.2, 0) is 17.8 Å². The van der Waals surface area contributed by atoms with Crippen LogP contribution in [0, 0.1) is 0 Å². The molecule has 8 nitrogen and oxygen atoms in total. The number of benzene rings is 1. The second-order valence-corrected chi connectivity index (χ2v) is 9.21. The lowest BCUT2D eigenvalue weighted by Crippen LogP contribution is -2.35. The van der Waals surface area contributed by atoms with Crippen LogP contribution in [0.1, 0.15) is 25.4 Å². The van der Waals surface area contributed by atoms with Crippen molar-refractivity contribution in [2.24, 2.45) is 0 Å². The average Bonchev–Trinajstić information content (AvgIpc) is 3.48. The summed E-state index contributed by atoms with van der Waals surface area (Å²) in [7, 11) is 1.62. The molecule has 3 heterocycles. The number of hydrogen-bond acceptors (Lipinski definition) is 8. The number of thiophene rings is 1. The Bertz CT molecular complexity index is 1250. The molecule has 0 saturated heterocycles. The number of rotatable bonds is 11. The fourth-order valence-electron chi connectivity index (χ4n) is 3.73. The van der Waals surface area contributed by atoms with E-state index in [4.69, 9.17) is 18.9 Å². The molecule has 0 fully saturated rings. The quantitative estimate of drug-likeness (QED) is 0.332. The highest BCUT2D eigenvalue weighted by Gasteiger charge is 2.18. The van der Waals surface area contributed by atoms with Gasteiger partial charge in [-0.1, -0.05) is 12.1 Å². The third kappa shape index (κ3) is 5.92. The van der Waals surface area contributed by atoms with E-state index >= 15 is 0 Å². The van der Waals surface area contributed by atoms with E-state index in [2.05, 4.69) is 4.98 Å². The molecule has 0 aliphatic carbocycles. The summed E-state index contributed by atoms with van der Waals surface area (Å²) in [6, 6.07) is 11.3. The van der Waals surface area contributed by atoms with E-state index in [0.717, 1.165) is 22.6 Å². The first-order valence-electron chi connectivity index (χ1n) is 11.1. The number of fused-ring (bicyclic) bond motifs is 1. The zero-order valence-electron chi connectivity index (χ0n) is 19.5. The van der Waals surface area contributed by atoms with Crippen LogP contribution in [0.4, 0.5) is 0 Å². The molecule has 1 aromatic carbocycles. The third-order valence-corrected chi connectivity index (χ3v) is 6.19.